The second-order valence-corrected chi connectivity index (χ2v) is 15.0. The lowest BCUT2D eigenvalue weighted by Crippen LogP contribution is -2.55. The molecule has 0 bridgehead atoms. The highest BCUT2D eigenvalue weighted by Crippen LogP contribution is 2.38. The van der Waals surface area contributed by atoms with Gasteiger partial charge in [0.05, 0.1) is 0 Å². The van der Waals surface area contributed by atoms with Gasteiger partial charge in [-0.1, -0.05) is 40.0 Å². The van der Waals surface area contributed by atoms with E-state index in [0.717, 1.165) is 0 Å². The zero-order valence-corrected chi connectivity index (χ0v) is 12.5. The molecule has 1 heterocycles. The van der Waals surface area contributed by atoms with Crippen molar-refractivity contribution in [2.75, 3.05) is 0 Å². The first-order valence-electron chi connectivity index (χ1n) is 5.44. The maximum absolute atomic E-state index is 3.42. The van der Waals surface area contributed by atoms with Crippen LogP contribution in [0.25, 0.3) is 0 Å². The van der Waals surface area contributed by atoms with Gasteiger partial charge in [-0.25, -0.2) is 0 Å². The van der Waals surface area contributed by atoms with E-state index in [2.05, 4.69) is 63.3 Å². The van der Waals surface area contributed by atoms with Crippen LogP contribution in [0, 0.1) is 0 Å². The van der Waals surface area contributed by atoms with Crippen LogP contribution in [0.2, 0.25) is 30.8 Å². The Labute approximate surface area is 90.6 Å². The van der Waals surface area contributed by atoms with Gasteiger partial charge < -0.3 is 4.98 Å². The molecule has 0 atom stereocenters. The van der Waals surface area contributed by atoms with Crippen molar-refractivity contribution in [3.05, 3.63) is 18.3 Å². The molecule has 0 aliphatic heterocycles. The largest absolute Gasteiger partial charge is 0.369 e. The predicted octanol–water partition coefficient (Wildman–Crippen LogP) is 2.74. The maximum Gasteiger partial charge on any atom is 0.104 e. The van der Waals surface area contributed by atoms with Crippen LogP contribution in [0.1, 0.15) is 13.8 Å². The van der Waals surface area contributed by atoms with Crippen molar-refractivity contribution in [2.45, 2.75) is 44.7 Å². The molecule has 1 rings (SSSR count). The van der Waals surface area contributed by atoms with Crippen LogP contribution in [0.3, 0.4) is 0 Å². The van der Waals surface area contributed by atoms with E-state index in [1.54, 1.807) is 0 Å². The number of H-pyrrole nitrogens is 1. The average molecular weight is 225 g/mol. The highest BCUT2D eigenvalue weighted by molar-refractivity contribution is 7.00. The van der Waals surface area contributed by atoms with Crippen LogP contribution in [0.5, 0.6) is 0 Å². The van der Waals surface area contributed by atoms with E-state index in [0.29, 0.717) is 4.66 Å². The van der Waals surface area contributed by atoms with Crippen molar-refractivity contribution in [1.82, 2.24) is 4.98 Å². The molecule has 0 saturated heterocycles. The Balaban J connectivity index is 3.07. The van der Waals surface area contributed by atoms with Gasteiger partial charge in [0.2, 0.25) is 0 Å². The first-order valence-corrected chi connectivity index (χ1v) is 11.3. The molecule has 0 radical (unpaired) electrons. The van der Waals surface area contributed by atoms with Gasteiger partial charge in [0.25, 0.3) is 0 Å². The molecule has 0 spiro atoms. The van der Waals surface area contributed by atoms with E-state index in [9.17, 15) is 0 Å². The highest BCUT2D eigenvalue weighted by Gasteiger charge is 2.43. The standard InChI is InChI=1S/C11H23NSi2/c1-11(2,13(3)4)14(5,6)10-8-7-9-12-10/h7-9,12-13H,1-6H3. The lowest BCUT2D eigenvalue weighted by Gasteiger charge is -2.42. The van der Waals surface area contributed by atoms with Crippen LogP contribution in [-0.2, 0) is 0 Å². The second-order valence-electron chi connectivity index (χ2n) is 5.59. The molecule has 80 valence electrons. The summed E-state index contributed by atoms with van der Waals surface area (Å²) in [4.78, 5) is 3.42. The fraction of sp³-hybridized carbons (Fsp3) is 0.636. The van der Waals surface area contributed by atoms with Crippen molar-refractivity contribution in [3.63, 3.8) is 0 Å². The molecule has 0 fully saturated rings. The molecule has 1 aromatic rings. The van der Waals surface area contributed by atoms with Gasteiger partial charge in [-0.05, 0) is 22.1 Å². The van der Waals surface area contributed by atoms with Gasteiger partial charge in [-0.3, -0.25) is 0 Å². The molecule has 1 aromatic heterocycles. The summed E-state index contributed by atoms with van der Waals surface area (Å²) in [6.45, 7) is 14.9. The second kappa shape index (κ2) is 3.70. The van der Waals surface area contributed by atoms with Gasteiger partial charge >= 0.3 is 0 Å². The molecule has 3 heteroatoms. The van der Waals surface area contributed by atoms with Crippen LogP contribution < -0.4 is 5.32 Å². The predicted molar refractivity (Wildman–Crippen MR) is 70.8 cm³/mol. The van der Waals surface area contributed by atoms with Gasteiger partial charge in [0.1, 0.15) is 8.07 Å². The minimum atomic E-state index is -1.31. The monoisotopic (exact) mass is 225 g/mol. The minimum absolute atomic E-state index is 0.567. The Kier molecular flexibility index (Phi) is 3.12. The summed E-state index contributed by atoms with van der Waals surface area (Å²) in [5.41, 5.74) is 0. The Hall–Kier alpha value is -0.286. The van der Waals surface area contributed by atoms with E-state index in [4.69, 9.17) is 0 Å². The van der Waals surface area contributed by atoms with Crippen molar-refractivity contribution in [3.8, 4) is 0 Å². The quantitative estimate of drug-likeness (QED) is 0.762. The van der Waals surface area contributed by atoms with E-state index in [-0.39, 0.29) is 0 Å². The summed E-state index contributed by atoms with van der Waals surface area (Å²) in [6.07, 6.45) is 2.06. The smallest absolute Gasteiger partial charge is 0.104 e. The molecule has 0 amide bonds. The van der Waals surface area contributed by atoms with Crippen molar-refractivity contribution in [2.24, 2.45) is 0 Å². The normalized spacial score (nSPS) is 13.6. The minimum Gasteiger partial charge on any atom is -0.369 e. The zero-order valence-electron chi connectivity index (χ0n) is 10.3. The number of hydrogen-bond donors (Lipinski definition) is 1. The summed E-state index contributed by atoms with van der Waals surface area (Å²) in [6, 6.07) is 4.40. The molecule has 0 saturated carbocycles. The summed E-state index contributed by atoms with van der Waals surface area (Å²) in [5.74, 6) is 0. The molecule has 0 aliphatic carbocycles. The Morgan fingerprint density at radius 3 is 2.21 bits per heavy atom. The van der Waals surface area contributed by atoms with Gasteiger partial charge in [-0.2, -0.15) is 0 Å². The molecule has 1 N–H and O–H groups in total. The third-order valence-corrected chi connectivity index (χ3v) is 16.0. The summed E-state index contributed by atoms with van der Waals surface area (Å²) >= 11 is 0. The molecule has 1 nitrogen and oxygen atoms in total. The van der Waals surface area contributed by atoms with E-state index >= 15 is 0 Å². The Morgan fingerprint density at radius 1 is 1.29 bits per heavy atom. The van der Waals surface area contributed by atoms with Gasteiger partial charge in [0, 0.05) is 15.0 Å². The topological polar surface area (TPSA) is 15.8 Å². The van der Waals surface area contributed by atoms with E-state index < -0.39 is 16.9 Å². The lowest BCUT2D eigenvalue weighted by atomic mass is 10.5. The van der Waals surface area contributed by atoms with Gasteiger partial charge in [-0.15, -0.1) is 0 Å². The molecular weight excluding hydrogens is 202 g/mol. The Bertz CT molecular complexity index is 286. The number of rotatable bonds is 3. The van der Waals surface area contributed by atoms with E-state index in [1.165, 1.54) is 5.32 Å². The average Bonchev–Trinajstić information content (AvgIpc) is 2.55. The van der Waals surface area contributed by atoms with Crippen LogP contribution in [-0.4, -0.2) is 21.9 Å². The first kappa shape index (κ1) is 11.8. The van der Waals surface area contributed by atoms with Crippen molar-refractivity contribution in [1.29, 1.82) is 0 Å². The molecular formula is C11H23NSi2. The first-order chi connectivity index (χ1) is 6.30. The number of nitrogens with one attached hydrogen (secondary N) is 1. The van der Waals surface area contributed by atoms with Crippen LogP contribution >= 0.6 is 0 Å². The summed E-state index contributed by atoms with van der Waals surface area (Å²) in [5, 5.41) is 1.50. The maximum atomic E-state index is 3.42. The number of aromatic nitrogens is 1. The molecule has 0 aromatic carbocycles. The van der Waals surface area contributed by atoms with Crippen molar-refractivity contribution < 1.29 is 0 Å². The highest BCUT2D eigenvalue weighted by atomic mass is 28.4. The van der Waals surface area contributed by atoms with Crippen LogP contribution in [0.15, 0.2) is 18.3 Å². The Morgan fingerprint density at radius 2 is 1.86 bits per heavy atom. The fourth-order valence-corrected chi connectivity index (χ4v) is 9.68. The zero-order chi connectivity index (χ0) is 11.0. The third kappa shape index (κ3) is 1.75. The van der Waals surface area contributed by atoms with Crippen molar-refractivity contribution >= 4 is 22.2 Å². The van der Waals surface area contributed by atoms with Crippen LogP contribution in [0.4, 0.5) is 0 Å². The fourth-order valence-electron chi connectivity index (χ4n) is 1.79. The molecule has 0 unspecified atom stereocenters. The number of hydrogen-bond acceptors (Lipinski definition) is 0. The molecule has 0 aliphatic rings. The molecule has 14 heavy (non-hydrogen) atoms. The van der Waals surface area contributed by atoms with Gasteiger partial charge in [0.15, 0.2) is 0 Å². The van der Waals surface area contributed by atoms with E-state index in [1.807, 2.05) is 0 Å². The lowest BCUT2D eigenvalue weighted by molar-refractivity contribution is 0.888. The summed E-state index contributed by atoms with van der Waals surface area (Å²) < 4.78 is 0.567. The summed E-state index contributed by atoms with van der Waals surface area (Å²) in [7, 11) is -1.92. The number of aromatic amines is 1. The SMILES string of the molecule is C[SiH](C)C(C)(C)[Si](C)(C)c1ccc[nH]1. The third-order valence-electron chi connectivity index (χ3n) is 4.33.